The first-order valence-corrected chi connectivity index (χ1v) is 8.62. The number of hydrogen-bond acceptors (Lipinski definition) is 2. The van der Waals surface area contributed by atoms with Crippen molar-refractivity contribution in [1.82, 2.24) is 0 Å². The van der Waals surface area contributed by atoms with Crippen molar-refractivity contribution in [3.05, 3.63) is 65.2 Å². The Morgan fingerprint density at radius 2 is 1.50 bits per heavy atom. The van der Waals surface area contributed by atoms with Gasteiger partial charge in [0.15, 0.2) is 0 Å². The van der Waals surface area contributed by atoms with Crippen LogP contribution in [0.2, 0.25) is 0 Å². The highest BCUT2D eigenvalue weighted by atomic mass is 32.2. The summed E-state index contributed by atoms with van der Waals surface area (Å²) >= 11 is 0. The lowest BCUT2D eigenvalue weighted by Crippen LogP contribution is -2.11. The van der Waals surface area contributed by atoms with Crippen molar-refractivity contribution in [2.75, 3.05) is 0 Å². The minimum absolute atomic E-state index is 0.123. The van der Waals surface area contributed by atoms with Crippen LogP contribution in [0.4, 0.5) is 0 Å². The molecule has 2 N–H and O–H groups in total. The molecule has 2 rings (SSSR count). The maximum atomic E-state index is 11.3. The number of sulfonamides is 1. The van der Waals surface area contributed by atoms with Crippen LogP contribution in [0.3, 0.4) is 0 Å². The number of hydrogen-bond donors (Lipinski definition) is 1. The molecule has 0 aromatic heterocycles. The highest BCUT2D eigenvalue weighted by Crippen LogP contribution is 2.22. The molecule has 0 atom stereocenters. The van der Waals surface area contributed by atoms with Crippen LogP contribution >= 0.6 is 0 Å². The zero-order chi connectivity index (χ0) is 16.4. The van der Waals surface area contributed by atoms with Gasteiger partial charge in [-0.15, -0.1) is 0 Å². The Kier molecular flexibility index (Phi) is 4.54. The monoisotopic (exact) mass is 315 g/mol. The first kappa shape index (κ1) is 16.5. The van der Waals surface area contributed by atoms with E-state index in [9.17, 15) is 8.42 Å². The van der Waals surface area contributed by atoms with Gasteiger partial charge in [-0.05, 0) is 34.2 Å². The first-order chi connectivity index (χ1) is 10.2. The highest BCUT2D eigenvalue weighted by molar-refractivity contribution is 7.89. The van der Waals surface area contributed by atoms with Gasteiger partial charge in [-0.3, -0.25) is 0 Å². The molecule has 0 saturated heterocycles. The van der Waals surface area contributed by atoms with Gasteiger partial charge < -0.3 is 0 Å². The zero-order valence-corrected chi connectivity index (χ0v) is 13.9. The van der Waals surface area contributed by atoms with Gasteiger partial charge in [0.1, 0.15) is 0 Å². The summed E-state index contributed by atoms with van der Waals surface area (Å²) in [5, 5.41) is 5.14. The summed E-state index contributed by atoms with van der Waals surface area (Å²) in [6.45, 7) is 6.53. The Morgan fingerprint density at radius 3 is 2.05 bits per heavy atom. The molecule has 116 valence electrons. The Bertz CT molecular complexity index is 783. The summed E-state index contributed by atoms with van der Waals surface area (Å²) in [5.41, 5.74) is 3.27. The van der Waals surface area contributed by atoms with Crippen molar-refractivity contribution in [2.45, 2.75) is 31.1 Å². The fourth-order valence-corrected chi connectivity index (χ4v) is 2.65. The molecule has 22 heavy (non-hydrogen) atoms. The molecule has 0 fully saturated rings. The van der Waals surface area contributed by atoms with E-state index in [2.05, 4.69) is 45.0 Å². The predicted molar refractivity (Wildman–Crippen MR) is 91.9 cm³/mol. The van der Waals surface area contributed by atoms with E-state index < -0.39 is 10.0 Å². The third-order valence-corrected chi connectivity index (χ3v) is 4.34. The van der Waals surface area contributed by atoms with Gasteiger partial charge in [-0.1, -0.05) is 69.3 Å². The summed E-state index contributed by atoms with van der Waals surface area (Å²) in [5.74, 6) is 0. The standard InChI is InChI=1S/C18H21NO2S/c1-18(2,3)16-11-9-14(10-12-16)7-8-15-5-4-6-17(13-15)22(19,20)21/h4-13H,1-3H3,(H2,19,20,21)/b8-7+. The number of rotatable bonds is 3. The Hall–Kier alpha value is -1.91. The fourth-order valence-electron chi connectivity index (χ4n) is 2.08. The summed E-state index contributed by atoms with van der Waals surface area (Å²) in [6, 6.07) is 14.9. The number of benzene rings is 2. The molecule has 2 aromatic rings. The van der Waals surface area contributed by atoms with Gasteiger partial charge in [0.25, 0.3) is 0 Å². The van der Waals surface area contributed by atoms with Gasteiger partial charge in [0.05, 0.1) is 4.90 Å². The zero-order valence-electron chi connectivity index (χ0n) is 13.1. The number of primary sulfonamides is 1. The first-order valence-electron chi connectivity index (χ1n) is 7.08. The molecule has 2 aromatic carbocycles. The van der Waals surface area contributed by atoms with Crippen LogP contribution in [-0.4, -0.2) is 8.42 Å². The minimum atomic E-state index is -3.66. The molecule has 0 unspecified atom stereocenters. The maximum Gasteiger partial charge on any atom is 0.238 e. The molecule has 0 spiro atoms. The number of nitrogens with two attached hydrogens (primary N) is 1. The van der Waals surface area contributed by atoms with Gasteiger partial charge in [-0.2, -0.15) is 0 Å². The molecule has 0 radical (unpaired) electrons. The quantitative estimate of drug-likeness (QED) is 0.876. The molecule has 0 aliphatic heterocycles. The van der Waals surface area contributed by atoms with Crippen LogP contribution in [0.25, 0.3) is 12.2 Å². The third-order valence-electron chi connectivity index (χ3n) is 3.43. The molecular formula is C18H21NO2S. The SMILES string of the molecule is CC(C)(C)c1ccc(/C=C/c2cccc(S(N)(=O)=O)c2)cc1. The van der Waals surface area contributed by atoms with E-state index in [1.54, 1.807) is 12.1 Å². The summed E-state index contributed by atoms with van der Waals surface area (Å²) in [6.07, 6.45) is 3.83. The predicted octanol–water partition coefficient (Wildman–Crippen LogP) is 3.80. The van der Waals surface area contributed by atoms with Crippen LogP contribution < -0.4 is 5.14 Å². The Morgan fingerprint density at radius 1 is 0.909 bits per heavy atom. The molecule has 4 heteroatoms. The lowest BCUT2D eigenvalue weighted by Gasteiger charge is -2.18. The van der Waals surface area contributed by atoms with Crippen molar-refractivity contribution >= 4 is 22.2 Å². The van der Waals surface area contributed by atoms with Crippen molar-refractivity contribution in [2.24, 2.45) is 5.14 Å². The molecule has 0 aliphatic rings. The second kappa shape index (κ2) is 6.07. The van der Waals surface area contributed by atoms with E-state index in [0.29, 0.717) is 0 Å². The van der Waals surface area contributed by atoms with E-state index in [1.165, 1.54) is 11.6 Å². The summed E-state index contributed by atoms with van der Waals surface area (Å²) in [7, 11) is -3.66. The fraction of sp³-hybridized carbons (Fsp3) is 0.222. The molecule has 3 nitrogen and oxygen atoms in total. The smallest absolute Gasteiger partial charge is 0.225 e. The van der Waals surface area contributed by atoms with Gasteiger partial charge in [0.2, 0.25) is 10.0 Å². The molecule has 0 amide bonds. The van der Waals surface area contributed by atoms with Crippen molar-refractivity contribution in [1.29, 1.82) is 0 Å². The van der Waals surface area contributed by atoms with Crippen molar-refractivity contribution in [3.8, 4) is 0 Å². The van der Waals surface area contributed by atoms with Crippen molar-refractivity contribution < 1.29 is 8.42 Å². The van der Waals surface area contributed by atoms with Gasteiger partial charge in [-0.25, -0.2) is 13.6 Å². The molecular weight excluding hydrogens is 294 g/mol. The maximum absolute atomic E-state index is 11.3. The van der Waals surface area contributed by atoms with E-state index >= 15 is 0 Å². The van der Waals surface area contributed by atoms with Crippen molar-refractivity contribution in [3.63, 3.8) is 0 Å². The Labute approximate surface area is 132 Å². The molecule has 0 heterocycles. The Balaban J connectivity index is 2.22. The third kappa shape index (κ3) is 4.29. The summed E-state index contributed by atoms with van der Waals surface area (Å²) < 4.78 is 22.7. The van der Waals surface area contributed by atoms with Gasteiger partial charge >= 0.3 is 0 Å². The second-order valence-corrected chi connectivity index (χ2v) is 7.88. The van der Waals surface area contributed by atoms with Crippen LogP contribution in [-0.2, 0) is 15.4 Å². The summed E-state index contributed by atoms with van der Waals surface area (Å²) in [4.78, 5) is 0.123. The molecule has 0 bridgehead atoms. The normalized spacial score (nSPS) is 12.7. The van der Waals surface area contributed by atoms with Crippen LogP contribution in [0.5, 0.6) is 0 Å². The average Bonchev–Trinajstić information content (AvgIpc) is 2.44. The lowest BCUT2D eigenvalue weighted by atomic mass is 9.87. The second-order valence-electron chi connectivity index (χ2n) is 6.32. The van der Waals surface area contributed by atoms with Crippen LogP contribution in [0.1, 0.15) is 37.5 Å². The largest absolute Gasteiger partial charge is 0.238 e. The molecule has 0 aliphatic carbocycles. The van der Waals surface area contributed by atoms with Crippen LogP contribution in [0, 0.1) is 0 Å². The van der Waals surface area contributed by atoms with Crippen LogP contribution in [0.15, 0.2) is 53.4 Å². The minimum Gasteiger partial charge on any atom is -0.225 e. The molecule has 0 saturated carbocycles. The van der Waals surface area contributed by atoms with E-state index in [1.807, 2.05) is 18.2 Å². The van der Waals surface area contributed by atoms with E-state index in [0.717, 1.165) is 11.1 Å². The van der Waals surface area contributed by atoms with E-state index in [-0.39, 0.29) is 10.3 Å². The topological polar surface area (TPSA) is 60.2 Å². The van der Waals surface area contributed by atoms with Gasteiger partial charge in [0, 0.05) is 0 Å². The average molecular weight is 315 g/mol. The highest BCUT2D eigenvalue weighted by Gasteiger charge is 2.12. The van der Waals surface area contributed by atoms with E-state index in [4.69, 9.17) is 5.14 Å². The lowest BCUT2D eigenvalue weighted by molar-refractivity contribution is 0.590.